The molecule has 0 saturated heterocycles. The Hall–Kier alpha value is -2.79. The van der Waals surface area contributed by atoms with Crippen molar-refractivity contribution in [1.82, 2.24) is 10.2 Å². The molecule has 0 unspecified atom stereocenters. The van der Waals surface area contributed by atoms with E-state index in [0.717, 1.165) is 20.6 Å². The number of amides is 2. The van der Waals surface area contributed by atoms with Crippen LogP contribution in [0.25, 0.3) is 0 Å². The smallest absolute Gasteiger partial charge is 0.244 e. The van der Waals surface area contributed by atoms with E-state index in [1.54, 1.807) is 19.1 Å². The van der Waals surface area contributed by atoms with E-state index in [-0.39, 0.29) is 29.9 Å². The molecular formula is C24H32BrN3O6S. The molecule has 2 aromatic rings. The molecule has 1 N–H and O–H groups in total. The van der Waals surface area contributed by atoms with Gasteiger partial charge in [-0.05, 0) is 50.6 Å². The zero-order chi connectivity index (χ0) is 26.3. The second-order valence-electron chi connectivity index (χ2n) is 8.29. The molecule has 0 fully saturated rings. The van der Waals surface area contributed by atoms with E-state index in [1.165, 1.54) is 25.2 Å². The molecule has 192 valence electrons. The second-order valence-corrected chi connectivity index (χ2v) is 11.1. The molecule has 0 heterocycles. The Balaban J connectivity index is 2.47. The third kappa shape index (κ3) is 7.86. The highest BCUT2D eigenvalue weighted by Gasteiger charge is 2.31. The highest BCUT2D eigenvalue weighted by atomic mass is 79.9. The van der Waals surface area contributed by atoms with Crippen molar-refractivity contribution >= 4 is 43.5 Å². The van der Waals surface area contributed by atoms with Crippen molar-refractivity contribution in [2.24, 2.45) is 0 Å². The second kappa shape index (κ2) is 12.3. The van der Waals surface area contributed by atoms with Crippen LogP contribution in [0.1, 0.15) is 26.3 Å². The standard InChI is InChI=1S/C24H32BrN3O6S/c1-16(2)26-24(30)17(3)27(14-18-7-9-19(25)10-8-18)23(29)15-28(35(6,31)32)21-13-20(33-4)11-12-22(21)34-5/h7-13,16-17H,14-15H2,1-6H3,(H,26,30)/t17-/m0/s1. The van der Waals surface area contributed by atoms with Crippen molar-refractivity contribution in [3.63, 3.8) is 0 Å². The number of carbonyl (C=O) groups is 2. The van der Waals surface area contributed by atoms with Crippen LogP contribution in [-0.2, 0) is 26.2 Å². The van der Waals surface area contributed by atoms with Gasteiger partial charge in [0.25, 0.3) is 0 Å². The molecule has 1 atom stereocenters. The lowest BCUT2D eigenvalue weighted by molar-refractivity contribution is -0.139. The molecule has 0 saturated carbocycles. The van der Waals surface area contributed by atoms with Crippen molar-refractivity contribution in [1.29, 1.82) is 0 Å². The van der Waals surface area contributed by atoms with Crippen LogP contribution in [0, 0.1) is 0 Å². The molecular weight excluding hydrogens is 538 g/mol. The highest BCUT2D eigenvalue weighted by molar-refractivity contribution is 9.10. The van der Waals surface area contributed by atoms with Crippen LogP contribution < -0.4 is 19.1 Å². The molecule has 0 bridgehead atoms. The van der Waals surface area contributed by atoms with Crippen molar-refractivity contribution in [2.75, 3.05) is 31.3 Å². The van der Waals surface area contributed by atoms with Gasteiger partial charge in [-0.15, -0.1) is 0 Å². The van der Waals surface area contributed by atoms with Crippen LogP contribution in [0.4, 0.5) is 5.69 Å². The van der Waals surface area contributed by atoms with E-state index in [1.807, 2.05) is 38.1 Å². The first-order valence-electron chi connectivity index (χ1n) is 10.9. The number of nitrogens with zero attached hydrogens (tertiary/aromatic N) is 2. The number of anilines is 1. The zero-order valence-electron chi connectivity index (χ0n) is 20.7. The van der Waals surface area contributed by atoms with Crippen molar-refractivity contribution in [3.05, 3.63) is 52.5 Å². The van der Waals surface area contributed by atoms with E-state index in [0.29, 0.717) is 5.75 Å². The molecule has 0 aliphatic rings. The summed E-state index contributed by atoms with van der Waals surface area (Å²) in [6, 6.07) is 11.0. The Morgan fingerprint density at radius 2 is 1.66 bits per heavy atom. The first-order valence-corrected chi connectivity index (χ1v) is 13.6. The first-order chi connectivity index (χ1) is 16.4. The Morgan fingerprint density at radius 3 is 2.17 bits per heavy atom. The molecule has 0 radical (unpaired) electrons. The first kappa shape index (κ1) is 28.4. The third-order valence-corrected chi connectivity index (χ3v) is 6.85. The molecule has 2 amide bonds. The van der Waals surface area contributed by atoms with Gasteiger partial charge in [-0.1, -0.05) is 28.1 Å². The van der Waals surface area contributed by atoms with Gasteiger partial charge >= 0.3 is 0 Å². The maximum atomic E-state index is 13.6. The summed E-state index contributed by atoms with van der Waals surface area (Å²) in [6.07, 6.45) is 1.01. The van der Waals surface area contributed by atoms with Gasteiger partial charge in [0.1, 0.15) is 24.1 Å². The lowest BCUT2D eigenvalue weighted by Crippen LogP contribution is -2.52. The van der Waals surface area contributed by atoms with Crippen LogP contribution in [0.3, 0.4) is 0 Å². The van der Waals surface area contributed by atoms with Crippen LogP contribution in [-0.4, -0.2) is 64.2 Å². The number of sulfonamides is 1. The topological polar surface area (TPSA) is 105 Å². The Kier molecular flexibility index (Phi) is 9.96. The van der Waals surface area contributed by atoms with Crippen LogP contribution in [0.2, 0.25) is 0 Å². The summed E-state index contributed by atoms with van der Waals surface area (Å²) < 4.78 is 38.0. The molecule has 0 aromatic heterocycles. The average molecular weight is 571 g/mol. The maximum Gasteiger partial charge on any atom is 0.244 e. The summed E-state index contributed by atoms with van der Waals surface area (Å²) in [6.45, 7) is 4.85. The number of benzene rings is 2. The quantitative estimate of drug-likeness (QED) is 0.445. The van der Waals surface area contributed by atoms with Gasteiger partial charge in [0, 0.05) is 23.1 Å². The zero-order valence-corrected chi connectivity index (χ0v) is 23.1. The monoisotopic (exact) mass is 569 g/mol. The Bertz CT molecular complexity index is 1140. The molecule has 0 aliphatic heterocycles. The predicted octanol–water partition coefficient (Wildman–Crippen LogP) is 3.17. The molecule has 2 rings (SSSR count). The normalized spacial score (nSPS) is 12.1. The minimum absolute atomic E-state index is 0.117. The number of rotatable bonds is 11. The number of hydrogen-bond donors (Lipinski definition) is 1. The van der Waals surface area contributed by atoms with E-state index in [4.69, 9.17) is 9.47 Å². The number of hydrogen-bond acceptors (Lipinski definition) is 6. The number of ether oxygens (including phenoxy) is 2. The van der Waals surface area contributed by atoms with Gasteiger partial charge in [0.2, 0.25) is 21.8 Å². The highest BCUT2D eigenvalue weighted by Crippen LogP contribution is 2.34. The van der Waals surface area contributed by atoms with Crippen LogP contribution in [0.15, 0.2) is 46.9 Å². The van der Waals surface area contributed by atoms with Gasteiger partial charge in [0.05, 0.1) is 26.2 Å². The minimum atomic E-state index is -3.90. The molecule has 11 heteroatoms. The number of methoxy groups -OCH3 is 2. The average Bonchev–Trinajstić information content (AvgIpc) is 2.79. The van der Waals surface area contributed by atoms with E-state index >= 15 is 0 Å². The third-order valence-electron chi connectivity index (χ3n) is 5.20. The van der Waals surface area contributed by atoms with E-state index in [2.05, 4.69) is 21.2 Å². The lowest BCUT2D eigenvalue weighted by Gasteiger charge is -2.32. The number of halogens is 1. The van der Waals surface area contributed by atoms with E-state index < -0.39 is 28.5 Å². The number of nitrogens with one attached hydrogen (secondary N) is 1. The van der Waals surface area contributed by atoms with Crippen LogP contribution >= 0.6 is 15.9 Å². The van der Waals surface area contributed by atoms with Gasteiger partial charge in [-0.3, -0.25) is 13.9 Å². The minimum Gasteiger partial charge on any atom is -0.497 e. The van der Waals surface area contributed by atoms with Crippen molar-refractivity contribution in [3.8, 4) is 11.5 Å². The summed E-state index contributed by atoms with van der Waals surface area (Å²) in [4.78, 5) is 27.8. The largest absolute Gasteiger partial charge is 0.497 e. The van der Waals surface area contributed by atoms with Gasteiger partial charge in [-0.25, -0.2) is 8.42 Å². The lowest BCUT2D eigenvalue weighted by atomic mass is 10.1. The fraction of sp³-hybridized carbons (Fsp3) is 0.417. The van der Waals surface area contributed by atoms with Crippen molar-refractivity contribution < 1.29 is 27.5 Å². The predicted molar refractivity (Wildman–Crippen MR) is 139 cm³/mol. The fourth-order valence-electron chi connectivity index (χ4n) is 3.36. The van der Waals surface area contributed by atoms with E-state index in [9.17, 15) is 18.0 Å². The molecule has 0 spiro atoms. The van der Waals surface area contributed by atoms with Gasteiger partial charge in [-0.2, -0.15) is 0 Å². The fourth-order valence-corrected chi connectivity index (χ4v) is 4.47. The SMILES string of the molecule is COc1ccc(OC)c(N(CC(=O)N(Cc2ccc(Br)cc2)[C@@H](C)C(=O)NC(C)C)S(C)(=O)=O)c1. The summed E-state index contributed by atoms with van der Waals surface area (Å²) in [5.74, 6) is -0.225. The molecule has 35 heavy (non-hydrogen) atoms. The molecule has 9 nitrogen and oxygen atoms in total. The summed E-state index contributed by atoms with van der Waals surface area (Å²) in [5, 5.41) is 2.81. The Labute approximate surface area is 215 Å². The number of carbonyl (C=O) groups excluding carboxylic acids is 2. The summed E-state index contributed by atoms with van der Waals surface area (Å²) in [7, 11) is -1.04. The molecule has 2 aromatic carbocycles. The van der Waals surface area contributed by atoms with Crippen LogP contribution in [0.5, 0.6) is 11.5 Å². The maximum absolute atomic E-state index is 13.6. The van der Waals surface area contributed by atoms with Gasteiger partial charge in [0.15, 0.2) is 0 Å². The summed E-state index contributed by atoms with van der Waals surface area (Å²) >= 11 is 3.39. The van der Waals surface area contributed by atoms with Gasteiger partial charge < -0.3 is 19.7 Å². The summed E-state index contributed by atoms with van der Waals surface area (Å²) in [5.41, 5.74) is 0.946. The van der Waals surface area contributed by atoms with Crippen molar-refractivity contribution in [2.45, 2.75) is 39.4 Å². The molecule has 0 aliphatic carbocycles. The Morgan fingerprint density at radius 1 is 1.03 bits per heavy atom.